The molecule has 0 saturated carbocycles. The Kier molecular flexibility index (Phi) is 7.38. The van der Waals surface area contributed by atoms with Gasteiger partial charge in [-0.1, -0.05) is 20.8 Å². The summed E-state index contributed by atoms with van der Waals surface area (Å²) in [5, 5.41) is 11.4. The van der Waals surface area contributed by atoms with E-state index in [0.717, 1.165) is 0 Å². The van der Waals surface area contributed by atoms with Gasteiger partial charge in [0, 0.05) is 18.5 Å². The third-order valence-electron chi connectivity index (χ3n) is 3.13. The zero-order valence-corrected chi connectivity index (χ0v) is 14.1. The summed E-state index contributed by atoms with van der Waals surface area (Å²) in [6.07, 6.45) is 0.0194. The first-order chi connectivity index (χ1) is 10.8. The lowest BCUT2D eigenvalue weighted by molar-refractivity contribution is -0.137. The van der Waals surface area contributed by atoms with Gasteiger partial charge in [0.05, 0.1) is 13.7 Å². The summed E-state index contributed by atoms with van der Waals surface area (Å²) in [5.74, 6) is 0.204. The number of carboxylic acid groups (broad SMARTS) is 1. The van der Waals surface area contributed by atoms with Crippen LogP contribution >= 0.6 is 0 Å². The molecule has 0 aliphatic rings. The Morgan fingerprint density at radius 1 is 1.22 bits per heavy atom. The van der Waals surface area contributed by atoms with Gasteiger partial charge in [-0.25, -0.2) is 0 Å². The molecule has 1 unspecified atom stereocenters. The van der Waals surface area contributed by atoms with Crippen molar-refractivity contribution in [2.24, 2.45) is 11.8 Å². The Hall–Kier alpha value is -2.24. The van der Waals surface area contributed by atoms with Gasteiger partial charge in [0.15, 0.2) is 11.5 Å². The molecule has 1 aromatic carbocycles. The van der Waals surface area contributed by atoms with Gasteiger partial charge in [-0.3, -0.25) is 9.59 Å². The van der Waals surface area contributed by atoms with E-state index in [1.807, 2.05) is 13.8 Å². The maximum absolute atomic E-state index is 12.1. The zero-order valence-electron chi connectivity index (χ0n) is 14.1. The van der Waals surface area contributed by atoms with Crippen molar-refractivity contribution in [3.63, 3.8) is 0 Å². The molecule has 1 aromatic rings. The molecular weight excluding hydrogens is 298 g/mol. The van der Waals surface area contributed by atoms with Gasteiger partial charge in [0.2, 0.25) is 0 Å². The molecule has 1 atom stereocenters. The highest BCUT2D eigenvalue weighted by molar-refractivity contribution is 5.94. The van der Waals surface area contributed by atoms with Crippen LogP contribution in [0.1, 0.15) is 37.6 Å². The van der Waals surface area contributed by atoms with Gasteiger partial charge >= 0.3 is 5.97 Å². The average molecular weight is 323 g/mol. The normalized spacial score (nSPS) is 11.9. The van der Waals surface area contributed by atoms with Crippen molar-refractivity contribution >= 4 is 11.9 Å². The molecule has 0 heterocycles. The Morgan fingerprint density at radius 3 is 2.48 bits per heavy atom. The van der Waals surface area contributed by atoms with Gasteiger partial charge in [0.25, 0.3) is 5.91 Å². The molecular formula is C17H25NO5. The van der Waals surface area contributed by atoms with E-state index in [4.69, 9.17) is 14.6 Å². The third-order valence-corrected chi connectivity index (χ3v) is 3.13. The van der Waals surface area contributed by atoms with E-state index in [9.17, 15) is 9.59 Å². The minimum Gasteiger partial charge on any atom is -0.493 e. The molecule has 1 amide bonds. The van der Waals surface area contributed by atoms with Gasteiger partial charge < -0.3 is 19.9 Å². The second kappa shape index (κ2) is 9.02. The number of carboxylic acids is 1. The van der Waals surface area contributed by atoms with Crippen molar-refractivity contribution < 1.29 is 24.2 Å². The van der Waals surface area contributed by atoms with Crippen LogP contribution in [0.25, 0.3) is 0 Å². The van der Waals surface area contributed by atoms with Crippen LogP contribution in [0.4, 0.5) is 0 Å². The van der Waals surface area contributed by atoms with Crippen LogP contribution in [0, 0.1) is 11.8 Å². The number of hydrogen-bond acceptors (Lipinski definition) is 4. The van der Waals surface area contributed by atoms with Crippen molar-refractivity contribution in [1.29, 1.82) is 0 Å². The Bertz CT molecular complexity index is 542. The molecule has 6 nitrogen and oxygen atoms in total. The fraction of sp³-hybridized carbons (Fsp3) is 0.529. The summed E-state index contributed by atoms with van der Waals surface area (Å²) in [5.41, 5.74) is 0.446. The molecule has 23 heavy (non-hydrogen) atoms. The first-order valence-corrected chi connectivity index (χ1v) is 7.64. The quantitative estimate of drug-likeness (QED) is 0.729. The van der Waals surface area contributed by atoms with Crippen LogP contribution in [0.5, 0.6) is 11.5 Å². The second-order valence-corrected chi connectivity index (χ2v) is 5.98. The maximum Gasteiger partial charge on any atom is 0.303 e. The lowest BCUT2D eigenvalue weighted by Gasteiger charge is -2.14. The summed E-state index contributed by atoms with van der Waals surface area (Å²) in [4.78, 5) is 22.7. The number of rotatable bonds is 9. The van der Waals surface area contributed by atoms with Gasteiger partial charge in [-0.2, -0.15) is 0 Å². The molecule has 0 aromatic heterocycles. The average Bonchev–Trinajstić information content (AvgIpc) is 2.49. The van der Waals surface area contributed by atoms with Crippen LogP contribution in [0.3, 0.4) is 0 Å². The number of ether oxygens (including phenoxy) is 2. The van der Waals surface area contributed by atoms with Crippen LogP contribution in [0.15, 0.2) is 18.2 Å². The van der Waals surface area contributed by atoms with Crippen LogP contribution < -0.4 is 14.8 Å². The number of benzene rings is 1. The van der Waals surface area contributed by atoms with E-state index in [1.54, 1.807) is 25.1 Å². The highest BCUT2D eigenvalue weighted by atomic mass is 16.5. The number of hydrogen-bond donors (Lipinski definition) is 2. The van der Waals surface area contributed by atoms with Gasteiger partial charge in [-0.05, 0) is 30.0 Å². The molecule has 0 spiro atoms. The molecule has 6 heteroatoms. The van der Waals surface area contributed by atoms with E-state index in [0.29, 0.717) is 36.1 Å². The van der Waals surface area contributed by atoms with Crippen molar-refractivity contribution in [2.75, 3.05) is 20.3 Å². The summed E-state index contributed by atoms with van der Waals surface area (Å²) < 4.78 is 10.9. The third kappa shape index (κ3) is 6.59. The largest absolute Gasteiger partial charge is 0.493 e. The molecule has 0 aliphatic heterocycles. The fourth-order valence-electron chi connectivity index (χ4n) is 1.92. The van der Waals surface area contributed by atoms with E-state index < -0.39 is 5.97 Å². The number of amides is 1. The van der Waals surface area contributed by atoms with Crippen LogP contribution in [-0.4, -0.2) is 37.2 Å². The topological polar surface area (TPSA) is 84.9 Å². The predicted molar refractivity (Wildman–Crippen MR) is 87.1 cm³/mol. The van der Waals surface area contributed by atoms with Crippen molar-refractivity contribution in [2.45, 2.75) is 27.2 Å². The van der Waals surface area contributed by atoms with Crippen molar-refractivity contribution in [1.82, 2.24) is 5.32 Å². The Balaban J connectivity index is 2.69. The van der Waals surface area contributed by atoms with E-state index in [-0.39, 0.29) is 18.2 Å². The van der Waals surface area contributed by atoms with Crippen molar-refractivity contribution in [3.05, 3.63) is 23.8 Å². The molecule has 0 fully saturated rings. The molecule has 0 saturated heterocycles. The zero-order chi connectivity index (χ0) is 17.4. The minimum atomic E-state index is -0.875. The first-order valence-electron chi connectivity index (χ1n) is 7.64. The highest BCUT2D eigenvalue weighted by Gasteiger charge is 2.13. The number of methoxy groups -OCH3 is 1. The lowest BCUT2D eigenvalue weighted by atomic mass is 10.1. The Morgan fingerprint density at radius 2 is 1.91 bits per heavy atom. The smallest absolute Gasteiger partial charge is 0.303 e. The van der Waals surface area contributed by atoms with Gasteiger partial charge in [0.1, 0.15) is 0 Å². The first kappa shape index (κ1) is 18.8. The number of aliphatic carboxylic acids is 1. The summed E-state index contributed by atoms with van der Waals surface area (Å²) in [6, 6.07) is 4.99. The van der Waals surface area contributed by atoms with E-state index in [2.05, 4.69) is 5.32 Å². The molecule has 0 aliphatic carbocycles. The number of nitrogens with one attached hydrogen (secondary N) is 1. The van der Waals surface area contributed by atoms with Crippen LogP contribution in [0.2, 0.25) is 0 Å². The number of carbonyl (C=O) groups excluding carboxylic acids is 1. The molecule has 0 bridgehead atoms. The molecule has 128 valence electrons. The monoisotopic (exact) mass is 323 g/mol. The van der Waals surface area contributed by atoms with Crippen molar-refractivity contribution in [3.8, 4) is 11.5 Å². The Labute approximate surface area is 136 Å². The summed E-state index contributed by atoms with van der Waals surface area (Å²) in [7, 11) is 1.52. The molecule has 2 N–H and O–H groups in total. The predicted octanol–water partition coefficient (Wildman–Crippen LogP) is 2.57. The maximum atomic E-state index is 12.1. The minimum absolute atomic E-state index is 0.0194. The number of carbonyl (C=O) groups is 2. The second-order valence-electron chi connectivity index (χ2n) is 5.98. The van der Waals surface area contributed by atoms with E-state index >= 15 is 0 Å². The fourth-order valence-corrected chi connectivity index (χ4v) is 1.92. The lowest BCUT2D eigenvalue weighted by Crippen LogP contribution is -2.29. The van der Waals surface area contributed by atoms with Crippen LogP contribution in [-0.2, 0) is 4.79 Å². The molecule has 1 rings (SSSR count). The standard InChI is InChI=1S/C17H25NO5/c1-11(2)10-23-14-6-5-13(8-15(14)22-4)17(21)18-9-12(3)7-16(19)20/h5-6,8,11-12H,7,9-10H2,1-4H3,(H,18,21)(H,19,20). The summed E-state index contributed by atoms with van der Waals surface area (Å²) >= 11 is 0. The van der Waals surface area contributed by atoms with E-state index in [1.165, 1.54) is 7.11 Å². The molecule has 0 radical (unpaired) electrons. The summed E-state index contributed by atoms with van der Waals surface area (Å²) in [6.45, 7) is 6.74. The highest BCUT2D eigenvalue weighted by Crippen LogP contribution is 2.28. The SMILES string of the molecule is COc1cc(C(=O)NCC(C)CC(=O)O)ccc1OCC(C)C. The van der Waals surface area contributed by atoms with Gasteiger partial charge in [-0.15, -0.1) is 0 Å².